The number of hydrogen-bond donors (Lipinski definition) is 2. The van der Waals surface area contributed by atoms with Gasteiger partial charge in [0.1, 0.15) is 5.70 Å². The van der Waals surface area contributed by atoms with Crippen LogP contribution >= 0.6 is 11.6 Å². The van der Waals surface area contributed by atoms with E-state index in [-0.39, 0.29) is 17.5 Å². The van der Waals surface area contributed by atoms with E-state index in [0.29, 0.717) is 18.1 Å². The highest BCUT2D eigenvalue weighted by Gasteiger charge is 2.20. The largest absolute Gasteiger partial charge is 0.335 e. The number of amides is 2. The molecule has 1 aromatic carbocycles. The first-order valence-electron chi connectivity index (χ1n) is 6.81. The Balaban J connectivity index is 2.22. The Labute approximate surface area is 129 Å². The van der Waals surface area contributed by atoms with Gasteiger partial charge >= 0.3 is 0 Å². The normalized spacial score (nSPS) is 15.7. The topological polar surface area (TPSA) is 61.4 Å². The maximum atomic E-state index is 12.5. The predicted octanol–water partition coefficient (Wildman–Crippen LogP) is 1.25. The minimum atomic E-state index is -0.265. The van der Waals surface area contributed by atoms with Crippen molar-refractivity contribution in [2.75, 3.05) is 26.2 Å². The molecule has 21 heavy (non-hydrogen) atoms. The highest BCUT2D eigenvalue weighted by atomic mass is 35.5. The van der Waals surface area contributed by atoms with Crippen molar-refractivity contribution in [1.82, 2.24) is 15.5 Å². The van der Waals surface area contributed by atoms with Crippen molar-refractivity contribution in [1.29, 1.82) is 0 Å². The van der Waals surface area contributed by atoms with Crippen molar-refractivity contribution in [3.05, 3.63) is 40.5 Å². The van der Waals surface area contributed by atoms with E-state index in [0.717, 1.165) is 18.7 Å². The number of nitrogens with one attached hydrogen (secondary N) is 2. The second kappa shape index (κ2) is 7.24. The number of piperazine rings is 1. The zero-order valence-corrected chi connectivity index (χ0v) is 12.6. The standard InChI is InChI=1S/C15H18ClN3O2/c1-11(20)18-14(10-12-2-4-13(16)5-3-12)15(21)19-8-6-17-7-9-19/h2-5,10,17H,6-9H2,1H3,(H,18,20). The maximum Gasteiger partial charge on any atom is 0.270 e. The fourth-order valence-corrected chi connectivity index (χ4v) is 2.23. The Morgan fingerprint density at radius 2 is 1.86 bits per heavy atom. The number of halogens is 1. The zero-order chi connectivity index (χ0) is 15.2. The summed E-state index contributed by atoms with van der Waals surface area (Å²) in [6.07, 6.45) is 1.67. The van der Waals surface area contributed by atoms with E-state index in [2.05, 4.69) is 10.6 Å². The van der Waals surface area contributed by atoms with Gasteiger partial charge < -0.3 is 15.5 Å². The smallest absolute Gasteiger partial charge is 0.270 e. The summed E-state index contributed by atoms with van der Waals surface area (Å²) in [5, 5.41) is 6.43. The molecule has 1 saturated heterocycles. The van der Waals surface area contributed by atoms with Crippen LogP contribution in [0.2, 0.25) is 5.02 Å². The molecule has 2 amide bonds. The Kier molecular flexibility index (Phi) is 5.36. The lowest BCUT2D eigenvalue weighted by atomic mass is 10.1. The van der Waals surface area contributed by atoms with Crippen molar-refractivity contribution in [2.24, 2.45) is 0 Å². The minimum absolute atomic E-state index is 0.165. The van der Waals surface area contributed by atoms with Crippen molar-refractivity contribution < 1.29 is 9.59 Å². The number of carbonyl (C=O) groups is 2. The highest BCUT2D eigenvalue weighted by Crippen LogP contribution is 2.13. The number of benzene rings is 1. The van der Waals surface area contributed by atoms with Gasteiger partial charge in [-0.15, -0.1) is 0 Å². The van der Waals surface area contributed by atoms with Gasteiger partial charge in [0.2, 0.25) is 5.91 Å². The van der Waals surface area contributed by atoms with Gasteiger partial charge in [0.05, 0.1) is 0 Å². The maximum absolute atomic E-state index is 12.5. The monoisotopic (exact) mass is 307 g/mol. The summed E-state index contributed by atoms with van der Waals surface area (Å²) in [6.45, 7) is 4.19. The third-order valence-electron chi connectivity index (χ3n) is 3.13. The number of nitrogens with zero attached hydrogens (tertiary/aromatic N) is 1. The lowest BCUT2D eigenvalue weighted by Crippen LogP contribution is -2.48. The molecular weight excluding hydrogens is 290 g/mol. The third-order valence-corrected chi connectivity index (χ3v) is 3.38. The Bertz CT molecular complexity index is 549. The van der Waals surface area contributed by atoms with E-state index < -0.39 is 0 Å². The number of hydrogen-bond acceptors (Lipinski definition) is 3. The number of rotatable bonds is 3. The van der Waals surface area contributed by atoms with Gasteiger partial charge in [0.25, 0.3) is 5.91 Å². The van der Waals surface area contributed by atoms with E-state index in [9.17, 15) is 9.59 Å². The molecule has 2 rings (SSSR count). The Hall–Kier alpha value is -1.85. The lowest BCUT2D eigenvalue weighted by Gasteiger charge is -2.28. The second-order valence-corrected chi connectivity index (χ2v) is 5.27. The van der Waals surface area contributed by atoms with Crippen LogP contribution < -0.4 is 10.6 Å². The Morgan fingerprint density at radius 1 is 1.24 bits per heavy atom. The van der Waals surface area contributed by atoms with Crippen LogP contribution in [0.3, 0.4) is 0 Å². The highest BCUT2D eigenvalue weighted by molar-refractivity contribution is 6.30. The molecule has 6 heteroatoms. The van der Waals surface area contributed by atoms with Crippen molar-refractivity contribution in [3.8, 4) is 0 Å². The molecule has 0 atom stereocenters. The molecule has 1 heterocycles. The molecule has 5 nitrogen and oxygen atoms in total. The van der Waals surface area contributed by atoms with E-state index in [1.807, 2.05) is 0 Å². The first-order valence-corrected chi connectivity index (χ1v) is 7.19. The average Bonchev–Trinajstić information content (AvgIpc) is 2.48. The Morgan fingerprint density at radius 3 is 2.43 bits per heavy atom. The summed E-state index contributed by atoms with van der Waals surface area (Å²) < 4.78 is 0. The number of carbonyl (C=O) groups excluding carboxylic acids is 2. The van der Waals surface area contributed by atoms with Crippen molar-refractivity contribution in [3.63, 3.8) is 0 Å². The minimum Gasteiger partial charge on any atom is -0.335 e. The summed E-state index contributed by atoms with van der Waals surface area (Å²) >= 11 is 5.84. The molecule has 0 unspecified atom stereocenters. The zero-order valence-electron chi connectivity index (χ0n) is 11.9. The predicted molar refractivity (Wildman–Crippen MR) is 82.7 cm³/mol. The molecule has 0 aliphatic carbocycles. The van der Waals surface area contributed by atoms with Crippen LogP contribution in [0.5, 0.6) is 0 Å². The third kappa shape index (κ3) is 4.58. The van der Waals surface area contributed by atoms with Gasteiger partial charge in [0, 0.05) is 38.1 Å². The first-order chi connectivity index (χ1) is 10.1. The summed E-state index contributed by atoms with van der Waals surface area (Å²) in [5.74, 6) is -0.430. The van der Waals surface area contributed by atoms with Crippen molar-refractivity contribution in [2.45, 2.75) is 6.92 Å². The molecule has 2 N–H and O–H groups in total. The lowest BCUT2D eigenvalue weighted by molar-refractivity contribution is -0.129. The van der Waals surface area contributed by atoms with E-state index in [1.165, 1.54) is 6.92 Å². The van der Waals surface area contributed by atoms with Gasteiger partial charge in [-0.2, -0.15) is 0 Å². The molecule has 0 saturated carbocycles. The van der Waals surface area contributed by atoms with Gasteiger partial charge in [-0.1, -0.05) is 23.7 Å². The van der Waals surface area contributed by atoms with Gasteiger partial charge in [-0.25, -0.2) is 0 Å². The quantitative estimate of drug-likeness (QED) is 0.826. The van der Waals surface area contributed by atoms with Crippen LogP contribution in [-0.2, 0) is 9.59 Å². The van der Waals surface area contributed by atoms with Crippen LogP contribution in [-0.4, -0.2) is 42.9 Å². The summed E-state index contributed by atoms with van der Waals surface area (Å²) in [4.78, 5) is 25.6. The van der Waals surface area contributed by atoms with E-state index >= 15 is 0 Å². The molecule has 1 aliphatic heterocycles. The molecule has 1 aromatic rings. The fraction of sp³-hybridized carbons (Fsp3) is 0.333. The van der Waals surface area contributed by atoms with E-state index in [1.54, 1.807) is 35.2 Å². The van der Waals surface area contributed by atoms with Crippen LogP contribution in [0.4, 0.5) is 0 Å². The van der Waals surface area contributed by atoms with Crippen LogP contribution in [0, 0.1) is 0 Å². The molecule has 0 aromatic heterocycles. The fourth-order valence-electron chi connectivity index (χ4n) is 2.10. The molecule has 1 aliphatic rings. The summed E-state index contributed by atoms with van der Waals surface area (Å²) in [7, 11) is 0. The molecule has 112 valence electrons. The molecule has 0 spiro atoms. The van der Waals surface area contributed by atoms with Crippen LogP contribution in [0.1, 0.15) is 12.5 Å². The summed E-state index contributed by atoms with van der Waals surface area (Å²) in [5.41, 5.74) is 1.10. The summed E-state index contributed by atoms with van der Waals surface area (Å²) in [6, 6.07) is 7.09. The van der Waals surface area contributed by atoms with Crippen LogP contribution in [0.25, 0.3) is 6.08 Å². The van der Waals surface area contributed by atoms with Gasteiger partial charge in [-0.05, 0) is 23.8 Å². The first kappa shape index (κ1) is 15.5. The van der Waals surface area contributed by atoms with Crippen LogP contribution in [0.15, 0.2) is 30.0 Å². The molecule has 0 radical (unpaired) electrons. The molecule has 0 bridgehead atoms. The molecular formula is C15H18ClN3O2. The second-order valence-electron chi connectivity index (χ2n) is 4.83. The van der Waals surface area contributed by atoms with Crippen molar-refractivity contribution >= 4 is 29.5 Å². The van der Waals surface area contributed by atoms with E-state index in [4.69, 9.17) is 11.6 Å². The SMILES string of the molecule is CC(=O)NC(=Cc1ccc(Cl)cc1)C(=O)N1CCNCC1. The van der Waals surface area contributed by atoms with Gasteiger partial charge in [0.15, 0.2) is 0 Å². The molecule has 1 fully saturated rings. The average molecular weight is 308 g/mol. The van der Waals surface area contributed by atoms with Gasteiger partial charge in [-0.3, -0.25) is 9.59 Å².